The number of nitrogens with one attached hydrogen (secondary N) is 2. The maximum atomic E-state index is 12.4. The summed E-state index contributed by atoms with van der Waals surface area (Å²) in [5.41, 5.74) is 1.62. The Labute approximate surface area is 141 Å². The lowest BCUT2D eigenvalue weighted by Gasteiger charge is -2.10. The van der Waals surface area contributed by atoms with Crippen molar-refractivity contribution in [3.63, 3.8) is 0 Å². The van der Waals surface area contributed by atoms with E-state index in [4.69, 9.17) is 4.74 Å². The zero-order valence-corrected chi connectivity index (χ0v) is 13.7. The summed E-state index contributed by atoms with van der Waals surface area (Å²) in [6.07, 6.45) is 1.63. The number of rotatable bonds is 6. The van der Waals surface area contributed by atoms with Crippen LogP contribution in [-0.2, 0) is 9.59 Å². The Balaban J connectivity index is 2.15. The van der Waals surface area contributed by atoms with Crippen LogP contribution in [0.4, 0.5) is 5.69 Å². The highest BCUT2D eigenvalue weighted by atomic mass is 16.5. The SMILES string of the molecule is CCOc1ccc(NC(=O)/C(=C/c2ccccc2)NC(C)=O)cc1. The largest absolute Gasteiger partial charge is 0.494 e. The van der Waals surface area contributed by atoms with Crippen LogP contribution in [-0.4, -0.2) is 18.4 Å². The Morgan fingerprint density at radius 3 is 2.29 bits per heavy atom. The molecule has 124 valence electrons. The molecular formula is C19H20N2O3. The van der Waals surface area contributed by atoms with Gasteiger partial charge in [0.05, 0.1) is 6.61 Å². The molecule has 0 fully saturated rings. The lowest BCUT2D eigenvalue weighted by Crippen LogP contribution is -2.28. The number of carbonyl (C=O) groups is 2. The third-order valence-electron chi connectivity index (χ3n) is 3.09. The van der Waals surface area contributed by atoms with E-state index in [9.17, 15) is 9.59 Å². The first kappa shape index (κ1) is 17.3. The highest BCUT2D eigenvalue weighted by molar-refractivity contribution is 6.08. The number of hydrogen-bond acceptors (Lipinski definition) is 3. The van der Waals surface area contributed by atoms with E-state index >= 15 is 0 Å². The highest BCUT2D eigenvalue weighted by Gasteiger charge is 2.11. The van der Waals surface area contributed by atoms with Crippen LogP contribution in [0.2, 0.25) is 0 Å². The summed E-state index contributed by atoms with van der Waals surface area (Å²) in [6.45, 7) is 3.85. The fourth-order valence-electron chi connectivity index (χ4n) is 2.06. The van der Waals surface area contributed by atoms with Crippen molar-refractivity contribution in [3.05, 3.63) is 65.9 Å². The van der Waals surface area contributed by atoms with Gasteiger partial charge < -0.3 is 15.4 Å². The monoisotopic (exact) mass is 324 g/mol. The minimum Gasteiger partial charge on any atom is -0.494 e. The average Bonchev–Trinajstić information content (AvgIpc) is 2.57. The van der Waals surface area contributed by atoms with Crippen LogP contribution in [0.5, 0.6) is 5.75 Å². The predicted molar refractivity (Wildman–Crippen MR) is 94.5 cm³/mol. The molecule has 0 bridgehead atoms. The molecule has 2 aromatic rings. The van der Waals surface area contributed by atoms with Gasteiger partial charge in [-0.25, -0.2) is 0 Å². The summed E-state index contributed by atoms with van der Waals surface area (Å²) in [5.74, 6) is 0.0367. The minimum atomic E-state index is -0.391. The number of carbonyl (C=O) groups excluding carboxylic acids is 2. The summed E-state index contributed by atoms with van der Waals surface area (Å²) in [4.78, 5) is 23.8. The van der Waals surface area contributed by atoms with Gasteiger partial charge in [0, 0.05) is 12.6 Å². The van der Waals surface area contributed by atoms with Crippen molar-refractivity contribution in [1.29, 1.82) is 0 Å². The number of amides is 2. The van der Waals surface area contributed by atoms with Gasteiger partial charge in [-0.2, -0.15) is 0 Å². The molecule has 2 rings (SSSR count). The van der Waals surface area contributed by atoms with Gasteiger partial charge in [0.2, 0.25) is 5.91 Å². The van der Waals surface area contributed by atoms with Crippen molar-refractivity contribution in [2.75, 3.05) is 11.9 Å². The van der Waals surface area contributed by atoms with Gasteiger partial charge in [-0.05, 0) is 42.8 Å². The molecule has 0 aromatic heterocycles. The molecule has 0 radical (unpaired) electrons. The van der Waals surface area contributed by atoms with Crippen LogP contribution >= 0.6 is 0 Å². The van der Waals surface area contributed by atoms with E-state index in [1.165, 1.54) is 6.92 Å². The molecule has 0 aliphatic carbocycles. The molecule has 0 aliphatic heterocycles. The van der Waals surface area contributed by atoms with E-state index < -0.39 is 5.91 Å². The Bertz CT molecular complexity index is 722. The van der Waals surface area contributed by atoms with Crippen LogP contribution in [0.1, 0.15) is 19.4 Å². The highest BCUT2D eigenvalue weighted by Crippen LogP contribution is 2.16. The second-order valence-corrected chi connectivity index (χ2v) is 5.06. The Kier molecular flexibility index (Phi) is 6.14. The van der Waals surface area contributed by atoms with Crippen molar-refractivity contribution >= 4 is 23.6 Å². The first-order valence-corrected chi connectivity index (χ1v) is 7.67. The zero-order chi connectivity index (χ0) is 17.4. The van der Waals surface area contributed by atoms with Crippen LogP contribution < -0.4 is 15.4 Å². The summed E-state index contributed by atoms with van der Waals surface area (Å²) >= 11 is 0. The fraction of sp³-hybridized carbons (Fsp3) is 0.158. The van der Waals surface area contributed by atoms with Crippen molar-refractivity contribution in [1.82, 2.24) is 5.32 Å². The van der Waals surface area contributed by atoms with Gasteiger partial charge in [-0.3, -0.25) is 9.59 Å². The molecule has 0 heterocycles. The fourth-order valence-corrected chi connectivity index (χ4v) is 2.06. The molecule has 0 aliphatic rings. The Morgan fingerprint density at radius 2 is 1.71 bits per heavy atom. The lowest BCUT2D eigenvalue weighted by atomic mass is 10.2. The normalized spacial score (nSPS) is 10.8. The zero-order valence-electron chi connectivity index (χ0n) is 13.7. The van der Waals surface area contributed by atoms with Gasteiger partial charge in [0.1, 0.15) is 11.4 Å². The number of ether oxygens (including phenoxy) is 1. The van der Waals surface area contributed by atoms with E-state index in [-0.39, 0.29) is 11.6 Å². The summed E-state index contributed by atoms with van der Waals surface area (Å²) in [7, 11) is 0. The molecule has 24 heavy (non-hydrogen) atoms. The number of anilines is 1. The summed E-state index contributed by atoms with van der Waals surface area (Å²) in [6, 6.07) is 16.4. The number of benzene rings is 2. The molecule has 5 nitrogen and oxygen atoms in total. The quantitative estimate of drug-likeness (QED) is 0.802. The van der Waals surface area contributed by atoms with E-state index in [2.05, 4.69) is 10.6 Å². The van der Waals surface area contributed by atoms with E-state index in [0.29, 0.717) is 12.3 Å². The van der Waals surface area contributed by atoms with Crippen LogP contribution in [0.3, 0.4) is 0 Å². The molecular weight excluding hydrogens is 304 g/mol. The van der Waals surface area contributed by atoms with E-state index in [1.54, 1.807) is 30.3 Å². The van der Waals surface area contributed by atoms with E-state index in [0.717, 1.165) is 11.3 Å². The van der Waals surface area contributed by atoms with Gasteiger partial charge >= 0.3 is 0 Å². The summed E-state index contributed by atoms with van der Waals surface area (Å²) < 4.78 is 5.36. The number of hydrogen-bond donors (Lipinski definition) is 2. The van der Waals surface area contributed by atoms with Crippen molar-refractivity contribution < 1.29 is 14.3 Å². The molecule has 0 saturated carbocycles. The maximum Gasteiger partial charge on any atom is 0.272 e. The second kappa shape index (κ2) is 8.53. The Morgan fingerprint density at radius 1 is 1.04 bits per heavy atom. The van der Waals surface area contributed by atoms with Crippen LogP contribution in [0, 0.1) is 0 Å². The van der Waals surface area contributed by atoms with Crippen molar-refractivity contribution in [2.24, 2.45) is 0 Å². The standard InChI is InChI=1S/C19H20N2O3/c1-3-24-17-11-9-16(10-12-17)21-19(23)18(20-14(2)22)13-15-7-5-4-6-8-15/h4-13H,3H2,1-2H3,(H,20,22)(H,21,23)/b18-13-. The van der Waals surface area contributed by atoms with Gasteiger partial charge in [-0.1, -0.05) is 30.3 Å². The molecule has 0 atom stereocenters. The molecule has 2 amide bonds. The molecule has 0 spiro atoms. The van der Waals surface area contributed by atoms with Crippen LogP contribution in [0.15, 0.2) is 60.3 Å². The van der Waals surface area contributed by atoms with Crippen molar-refractivity contribution in [2.45, 2.75) is 13.8 Å². The second-order valence-electron chi connectivity index (χ2n) is 5.06. The third-order valence-corrected chi connectivity index (χ3v) is 3.09. The first-order chi connectivity index (χ1) is 11.6. The van der Waals surface area contributed by atoms with Gasteiger partial charge in [0.25, 0.3) is 5.91 Å². The van der Waals surface area contributed by atoms with Crippen LogP contribution in [0.25, 0.3) is 6.08 Å². The average molecular weight is 324 g/mol. The molecule has 0 saturated heterocycles. The molecule has 5 heteroatoms. The Hall–Kier alpha value is -3.08. The first-order valence-electron chi connectivity index (χ1n) is 7.67. The summed E-state index contributed by atoms with van der Waals surface area (Å²) in [5, 5.41) is 5.32. The topological polar surface area (TPSA) is 67.4 Å². The molecule has 0 unspecified atom stereocenters. The van der Waals surface area contributed by atoms with Crippen molar-refractivity contribution in [3.8, 4) is 5.75 Å². The lowest BCUT2D eigenvalue weighted by molar-refractivity contribution is -0.120. The minimum absolute atomic E-state index is 0.183. The predicted octanol–water partition coefficient (Wildman–Crippen LogP) is 3.20. The molecule has 2 N–H and O–H groups in total. The maximum absolute atomic E-state index is 12.4. The van der Waals surface area contributed by atoms with E-state index in [1.807, 2.05) is 37.3 Å². The van der Waals surface area contributed by atoms with Gasteiger partial charge in [-0.15, -0.1) is 0 Å². The smallest absolute Gasteiger partial charge is 0.272 e. The van der Waals surface area contributed by atoms with Gasteiger partial charge in [0.15, 0.2) is 0 Å². The molecule has 2 aromatic carbocycles. The third kappa shape index (κ3) is 5.28.